The lowest BCUT2D eigenvalue weighted by atomic mass is 10.1. The topological polar surface area (TPSA) is 96.0 Å². The summed E-state index contributed by atoms with van der Waals surface area (Å²) in [7, 11) is -2.70. The van der Waals surface area contributed by atoms with Crippen LogP contribution < -0.4 is 14.4 Å². The fourth-order valence-corrected chi connectivity index (χ4v) is 7.07. The first-order valence-corrected chi connectivity index (χ1v) is 16.1. The molecule has 0 radical (unpaired) electrons. The van der Waals surface area contributed by atoms with Crippen molar-refractivity contribution in [3.63, 3.8) is 0 Å². The summed E-state index contributed by atoms with van der Waals surface area (Å²) in [5.41, 5.74) is 0.784. The van der Waals surface area contributed by atoms with E-state index in [0.717, 1.165) is 30.0 Å². The number of rotatable bonds is 12. The Balaban J connectivity index is 1.72. The average molecular weight is 633 g/mol. The summed E-state index contributed by atoms with van der Waals surface area (Å²) >= 11 is 13.0. The number of sulfonamides is 1. The van der Waals surface area contributed by atoms with Gasteiger partial charge < -0.3 is 15.0 Å². The number of hydrogen-bond donors (Lipinski definition) is 1. The van der Waals surface area contributed by atoms with Gasteiger partial charge >= 0.3 is 0 Å². The Hall–Kier alpha value is -3.27. The number of anilines is 1. The van der Waals surface area contributed by atoms with Crippen molar-refractivity contribution in [1.82, 2.24) is 10.2 Å². The highest BCUT2D eigenvalue weighted by molar-refractivity contribution is 7.92. The predicted molar refractivity (Wildman–Crippen MR) is 165 cm³/mol. The standard InChI is InChI=1S/C31H35Cl2N3O5S/c1-3-29(31(38)34-22-10-7-8-11-22)35(20-26-27(32)14-9-15-28(26)33)30(37)21-36(23-12-5-4-6-13-23)42(39,40)25-18-16-24(41-2)17-19-25/h4-6,9,12-19,22,29H,3,7-8,10-11,20-21H2,1-2H3,(H,34,38)/t29-/m1/s1. The molecule has 1 fully saturated rings. The molecule has 1 aliphatic rings. The van der Waals surface area contributed by atoms with Gasteiger partial charge in [-0.1, -0.05) is 67.2 Å². The Labute approximate surface area is 257 Å². The van der Waals surface area contributed by atoms with Crippen LogP contribution >= 0.6 is 23.2 Å². The highest BCUT2D eigenvalue weighted by atomic mass is 35.5. The van der Waals surface area contributed by atoms with Crippen molar-refractivity contribution >= 4 is 50.7 Å². The number of carbonyl (C=O) groups excluding carboxylic acids is 2. The number of methoxy groups -OCH3 is 1. The van der Waals surface area contributed by atoms with Gasteiger partial charge in [0.1, 0.15) is 18.3 Å². The molecule has 3 aromatic rings. The van der Waals surface area contributed by atoms with Gasteiger partial charge in [0.2, 0.25) is 11.8 Å². The number of nitrogens with one attached hydrogen (secondary N) is 1. The second-order valence-corrected chi connectivity index (χ2v) is 12.8. The van der Waals surface area contributed by atoms with Crippen LogP contribution in [0.1, 0.15) is 44.6 Å². The normalized spacial score (nSPS) is 14.3. The van der Waals surface area contributed by atoms with Crippen LogP contribution in [0.3, 0.4) is 0 Å². The van der Waals surface area contributed by atoms with Gasteiger partial charge in [-0.2, -0.15) is 0 Å². The minimum atomic E-state index is -4.19. The van der Waals surface area contributed by atoms with Gasteiger partial charge in [-0.25, -0.2) is 8.42 Å². The van der Waals surface area contributed by atoms with Crippen LogP contribution in [-0.2, 0) is 26.2 Å². The van der Waals surface area contributed by atoms with E-state index < -0.39 is 28.5 Å². The summed E-state index contributed by atoms with van der Waals surface area (Å²) in [6.07, 6.45) is 4.15. The molecule has 4 rings (SSSR count). The lowest BCUT2D eigenvalue weighted by Gasteiger charge is -2.34. The molecule has 0 saturated heterocycles. The summed E-state index contributed by atoms with van der Waals surface area (Å²) in [4.78, 5) is 29.1. The molecule has 11 heteroatoms. The highest BCUT2D eigenvalue weighted by Gasteiger charge is 2.35. The van der Waals surface area contributed by atoms with E-state index in [0.29, 0.717) is 33.5 Å². The van der Waals surface area contributed by atoms with E-state index >= 15 is 0 Å². The van der Waals surface area contributed by atoms with Crippen LogP contribution in [0.25, 0.3) is 0 Å². The van der Waals surface area contributed by atoms with Gasteiger partial charge in [-0.15, -0.1) is 0 Å². The molecular weight excluding hydrogens is 597 g/mol. The number of benzene rings is 3. The van der Waals surface area contributed by atoms with Crippen molar-refractivity contribution in [2.75, 3.05) is 18.0 Å². The van der Waals surface area contributed by atoms with E-state index in [1.165, 1.54) is 24.1 Å². The lowest BCUT2D eigenvalue weighted by molar-refractivity contribution is -0.140. The molecule has 0 aliphatic heterocycles. The molecule has 1 N–H and O–H groups in total. The van der Waals surface area contributed by atoms with Crippen molar-refractivity contribution in [3.8, 4) is 5.75 Å². The molecule has 8 nitrogen and oxygen atoms in total. The van der Waals surface area contributed by atoms with E-state index in [1.54, 1.807) is 60.7 Å². The number of amides is 2. The van der Waals surface area contributed by atoms with Gasteiger partial charge in [0.05, 0.1) is 17.7 Å². The van der Waals surface area contributed by atoms with Crippen molar-refractivity contribution in [3.05, 3.63) is 88.4 Å². The largest absolute Gasteiger partial charge is 0.497 e. The summed E-state index contributed by atoms with van der Waals surface area (Å²) in [6.45, 7) is 1.20. The van der Waals surface area contributed by atoms with E-state index in [9.17, 15) is 18.0 Å². The monoisotopic (exact) mass is 631 g/mol. The number of carbonyl (C=O) groups is 2. The molecule has 224 valence electrons. The first-order valence-electron chi connectivity index (χ1n) is 13.9. The third-order valence-electron chi connectivity index (χ3n) is 7.45. The Morgan fingerprint density at radius 1 is 0.952 bits per heavy atom. The smallest absolute Gasteiger partial charge is 0.264 e. The van der Waals surface area contributed by atoms with Crippen molar-refractivity contribution < 1.29 is 22.7 Å². The number of hydrogen-bond acceptors (Lipinski definition) is 5. The third kappa shape index (κ3) is 7.38. The average Bonchev–Trinajstić information content (AvgIpc) is 3.50. The maximum Gasteiger partial charge on any atom is 0.264 e. The molecule has 42 heavy (non-hydrogen) atoms. The molecule has 0 unspecified atom stereocenters. The van der Waals surface area contributed by atoms with Crippen LogP contribution in [0.15, 0.2) is 77.7 Å². The van der Waals surface area contributed by atoms with Crippen LogP contribution in [0, 0.1) is 0 Å². The van der Waals surface area contributed by atoms with Gasteiger partial charge in [0, 0.05) is 28.2 Å². The lowest BCUT2D eigenvalue weighted by Crippen LogP contribution is -2.53. The first kappa shape index (κ1) is 31.7. The highest BCUT2D eigenvalue weighted by Crippen LogP contribution is 2.29. The van der Waals surface area contributed by atoms with E-state index in [-0.39, 0.29) is 23.4 Å². The van der Waals surface area contributed by atoms with Crippen molar-refractivity contribution in [2.45, 2.75) is 62.6 Å². The predicted octanol–water partition coefficient (Wildman–Crippen LogP) is 6.06. The van der Waals surface area contributed by atoms with Crippen molar-refractivity contribution in [1.29, 1.82) is 0 Å². The minimum Gasteiger partial charge on any atom is -0.497 e. The zero-order valence-corrected chi connectivity index (χ0v) is 26.0. The number of ether oxygens (including phenoxy) is 1. The fourth-order valence-electron chi connectivity index (χ4n) is 5.14. The van der Waals surface area contributed by atoms with Crippen LogP contribution in [-0.4, -0.2) is 50.9 Å². The summed E-state index contributed by atoms with van der Waals surface area (Å²) in [6, 6.07) is 18.5. The van der Waals surface area contributed by atoms with E-state index in [2.05, 4.69) is 5.32 Å². The Morgan fingerprint density at radius 3 is 2.14 bits per heavy atom. The van der Waals surface area contributed by atoms with Crippen LogP contribution in [0.5, 0.6) is 5.75 Å². The van der Waals surface area contributed by atoms with Crippen LogP contribution in [0.2, 0.25) is 10.0 Å². The molecule has 0 heterocycles. The van der Waals surface area contributed by atoms with Gasteiger partial charge in [0.15, 0.2) is 0 Å². The van der Waals surface area contributed by atoms with Gasteiger partial charge in [-0.05, 0) is 67.8 Å². The zero-order valence-electron chi connectivity index (χ0n) is 23.6. The van der Waals surface area contributed by atoms with E-state index in [4.69, 9.17) is 27.9 Å². The molecule has 1 atom stereocenters. The quantitative estimate of drug-likeness (QED) is 0.262. The van der Waals surface area contributed by atoms with Gasteiger partial charge in [0.25, 0.3) is 10.0 Å². The molecular formula is C31H35Cl2N3O5S. The molecule has 1 aliphatic carbocycles. The molecule has 0 bridgehead atoms. The first-order chi connectivity index (χ1) is 20.1. The maximum absolute atomic E-state index is 14.2. The summed E-state index contributed by atoms with van der Waals surface area (Å²) < 4.78 is 34.1. The fraction of sp³-hybridized carbons (Fsp3) is 0.355. The SMILES string of the molecule is CC[C@H](C(=O)NC1CCCC1)N(Cc1c(Cl)cccc1Cl)C(=O)CN(c1ccccc1)S(=O)(=O)c1ccc(OC)cc1. The number of nitrogens with zero attached hydrogens (tertiary/aromatic N) is 2. The molecule has 1 saturated carbocycles. The summed E-state index contributed by atoms with van der Waals surface area (Å²) in [5, 5.41) is 3.78. The second kappa shape index (κ2) is 14.3. The summed E-state index contributed by atoms with van der Waals surface area (Å²) in [5.74, 6) is -0.358. The van der Waals surface area contributed by atoms with Crippen molar-refractivity contribution in [2.24, 2.45) is 0 Å². The maximum atomic E-state index is 14.2. The number of halogens is 2. The zero-order chi connectivity index (χ0) is 30.3. The molecule has 0 spiro atoms. The third-order valence-corrected chi connectivity index (χ3v) is 9.94. The molecule has 0 aromatic heterocycles. The minimum absolute atomic E-state index is 0.00771. The Morgan fingerprint density at radius 2 is 1.57 bits per heavy atom. The Kier molecular flexibility index (Phi) is 10.8. The number of para-hydroxylation sites is 1. The second-order valence-electron chi connectivity index (χ2n) is 10.2. The molecule has 3 aromatic carbocycles. The van der Waals surface area contributed by atoms with Crippen LogP contribution in [0.4, 0.5) is 5.69 Å². The Bertz CT molecular complexity index is 1460. The molecule has 2 amide bonds. The van der Waals surface area contributed by atoms with E-state index in [1.807, 2.05) is 6.92 Å². The van der Waals surface area contributed by atoms with Gasteiger partial charge in [-0.3, -0.25) is 13.9 Å².